The summed E-state index contributed by atoms with van der Waals surface area (Å²) in [5.41, 5.74) is 5.90. The number of aliphatic hydroxyl groups is 1. The third kappa shape index (κ3) is 3.09. The third-order valence-corrected chi connectivity index (χ3v) is 5.31. The molecule has 17 heavy (non-hydrogen) atoms. The maximum Gasteiger partial charge on any atom is 0.0564 e. The minimum atomic E-state index is -0.214. The maximum atomic E-state index is 9.64. The van der Waals surface area contributed by atoms with Gasteiger partial charge in [-0.2, -0.15) is 0 Å². The summed E-state index contributed by atoms with van der Waals surface area (Å²) in [5.74, 6) is 0.396. The van der Waals surface area contributed by atoms with Gasteiger partial charge in [0.1, 0.15) is 0 Å². The number of likely N-dealkylation sites (tertiary alicyclic amines) is 1. The second-order valence-electron chi connectivity index (χ2n) is 4.70. The van der Waals surface area contributed by atoms with Crippen molar-refractivity contribution in [2.24, 2.45) is 11.7 Å². The molecule has 0 bridgehead atoms. The number of thiophene rings is 1. The highest BCUT2D eigenvalue weighted by Crippen LogP contribution is 2.33. The van der Waals surface area contributed by atoms with Crippen molar-refractivity contribution >= 4 is 27.3 Å². The monoisotopic (exact) mass is 318 g/mol. The summed E-state index contributed by atoms with van der Waals surface area (Å²) in [5, 5.41) is 11.7. The first-order valence-electron chi connectivity index (χ1n) is 5.98. The van der Waals surface area contributed by atoms with Crippen molar-refractivity contribution < 1.29 is 5.11 Å². The maximum absolute atomic E-state index is 9.64. The van der Waals surface area contributed by atoms with Gasteiger partial charge in [0.05, 0.1) is 12.1 Å². The first-order valence-corrected chi connectivity index (χ1v) is 7.65. The predicted octanol–water partition coefficient (Wildman–Crippen LogP) is 2.21. The SMILES string of the molecule is CC(O)C1CCN(C(CN)c2cc(Br)cs2)C1. The summed E-state index contributed by atoms with van der Waals surface area (Å²) in [4.78, 5) is 3.71. The van der Waals surface area contributed by atoms with Crippen LogP contribution in [0.15, 0.2) is 15.9 Å². The Kier molecular flexibility index (Phi) is 4.60. The van der Waals surface area contributed by atoms with Gasteiger partial charge in [-0.15, -0.1) is 11.3 Å². The van der Waals surface area contributed by atoms with Crippen LogP contribution in [0.5, 0.6) is 0 Å². The Morgan fingerprint density at radius 2 is 2.47 bits per heavy atom. The van der Waals surface area contributed by atoms with Crippen molar-refractivity contribution in [3.05, 3.63) is 20.8 Å². The second-order valence-corrected chi connectivity index (χ2v) is 6.56. The summed E-state index contributed by atoms with van der Waals surface area (Å²) in [7, 11) is 0. The number of hydrogen-bond donors (Lipinski definition) is 2. The Bertz CT molecular complexity index is 369. The molecule has 5 heteroatoms. The molecule has 0 radical (unpaired) electrons. The van der Waals surface area contributed by atoms with E-state index in [0.29, 0.717) is 18.5 Å². The molecule has 2 heterocycles. The zero-order chi connectivity index (χ0) is 12.4. The van der Waals surface area contributed by atoms with Crippen LogP contribution in [0.1, 0.15) is 24.3 Å². The van der Waals surface area contributed by atoms with Crippen LogP contribution in [0.3, 0.4) is 0 Å². The molecule has 1 aromatic rings. The minimum Gasteiger partial charge on any atom is -0.393 e. The average Bonchev–Trinajstić information content (AvgIpc) is 2.89. The van der Waals surface area contributed by atoms with E-state index in [0.717, 1.165) is 24.0 Å². The van der Waals surface area contributed by atoms with Crippen LogP contribution in [0.4, 0.5) is 0 Å². The van der Waals surface area contributed by atoms with Crippen molar-refractivity contribution in [1.29, 1.82) is 0 Å². The van der Waals surface area contributed by atoms with E-state index in [4.69, 9.17) is 5.73 Å². The summed E-state index contributed by atoms with van der Waals surface area (Å²) < 4.78 is 1.13. The summed E-state index contributed by atoms with van der Waals surface area (Å²) in [6, 6.07) is 2.45. The molecule has 1 aliphatic heterocycles. The molecule has 2 rings (SSSR count). The van der Waals surface area contributed by atoms with E-state index in [1.54, 1.807) is 11.3 Å². The first kappa shape index (κ1) is 13.5. The largest absolute Gasteiger partial charge is 0.393 e. The predicted molar refractivity (Wildman–Crippen MR) is 75.2 cm³/mol. The summed E-state index contributed by atoms with van der Waals surface area (Å²) in [6.45, 7) is 4.51. The van der Waals surface area contributed by atoms with Crippen LogP contribution in [-0.4, -0.2) is 35.7 Å². The molecule has 1 aromatic heterocycles. The highest BCUT2D eigenvalue weighted by Gasteiger charge is 2.31. The van der Waals surface area contributed by atoms with Crippen molar-refractivity contribution in [3.8, 4) is 0 Å². The van der Waals surface area contributed by atoms with Gasteiger partial charge in [0.2, 0.25) is 0 Å². The number of nitrogens with two attached hydrogens (primary N) is 1. The third-order valence-electron chi connectivity index (χ3n) is 3.52. The molecule has 3 N–H and O–H groups in total. The van der Waals surface area contributed by atoms with Crippen molar-refractivity contribution in [1.82, 2.24) is 4.90 Å². The number of hydrogen-bond acceptors (Lipinski definition) is 4. The summed E-state index contributed by atoms with van der Waals surface area (Å²) in [6.07, 6.45) is 0.856. The van der Waals surface area contributed by atoms with Crippen LogP contribution in [0.25, 0.3) is 0 Å². The van der Waals surface area contributed by atoms with Gasteiger partial charge < -0.3 is 10.8 Å². The van der Waals surface area contributed by atoms with E-state index < -0.39 is 0 Å². The van der Waals surface area contributed by atoms with Crippen LogP contribution < -0.4 is 5.73 Å². The van der Waals surface area contributed by atoms with E-state index >= 15 is 0 Å². The molecule has 1 fully saturated rings. The molecular formula is C12H19BrN2OS. The normalized spacial score (nSPS) is 25.1. The smallest absolute Gasteiger partial charge is 0.0564 e. The zero-order valence-corrected chi connectivity index (χ0v) is 12.4. The van der Waals surface area contributed by atoms with Gasteiger partial charge in [0.15, 0.2) is 0 Å². The van der Waals surface area contributed by atoms with Crippen LogP contribution in [-0.2, 0) is 0 Å². The Hall–Kier alpha value is 0.0600. The molecule has 3 unspecified atom stereocenters. The Morgan fingerprint density at radius 1 is 1.71 bits per heavy atom. The quantitative estimate of drug-likeness (QED) is 0.895. The van der Waals surface area contributed by atoms with Gasteiger partial charge >= 0.3 is 0 Å². The highest BCUT2D eigenvalue weighted by molar-refractivity contribution is 9.10. The first-order chi connectivity index (χ1) is 8.11. The molecule has 96 valence electrons. The topological polar surface area (TPSA) is 49.5 Å². The van der Waals surface area contributed by atoms with Gasteiger partial charge in [-0.1, -0.05) is 0 Å². The van der Waals surface area contributed by atoms with Gasteiger partial charge in [-0.05, 0) is 47.8 Å². The van der Waals surface area contributed by atoms with Crippen LogP contribution in [0, 0.1) is 5.92 Å². The molecule has 3 atom stereocenters. The molecule has 0 amide bonds. The van der Waals surface area contributed by atoms with Gasteiger partial charge in [-0.3, -0.25) is 4.90 Å². The van der Waals surface area contributed by atoms with Crippen molar-refractivity contribution in [2.45, 2.75) is 25.5 Å². The Morgan fingerprint density at radius 3 is 2.94 bits per heavy atom. The molecular weight excluding hydrogens is 300 g/mol. The highest BCUT2D eigenvalue weighted by atomic mass is 79.9. The molecule has 0 aliphatic carbocycles. The molecule has 1 saturated heterocycles. The lowest BCUT2D eigenvalue weighted by Gasteiger charge is -2.26. The number of halogens is 1. The lowest BCUT2D eigenvalue weighted by atomic mass is 10.0. The fourth-order valence-corrected chi connectivity index (χ4v) is 4.03. The summed E-state index contributed by atoms with van der Waals surface area (Å²) >= 11 is 5.23. The second kappa shape index (κ2) is 5.80. The molecule has 0 saturated carbocycles. The standard InChI is InChI=1S/C12H19BrN2OS/c1-8(16)9-2-3-15(6-9)11(5-14)12-4-10(13)7-17-12/h4,7-9,11,16H,2-3,5-6,14H2,1H3. The van der Waals surface area contributed by atoms with Gasteiger partial charge in [0.25, 0.3) is 0 Å². The number of aliphatic hydroxyl groups excluding tert-OH is 1. The van der Waals surface area contributed by atoms with E-state index in [-0.39, 0.29) is 6.10 Å². The van der Waals surface area contributed by atoms with E-state index in [2.05, 4.69) is 32.3 Å². The minimum absolute atomic E-state index is 0.214. The Labute approximate surface area is 115 Å². The molecule has 3 nitrogen and oxygen atoms in total. The fourth-order valence-electron chi connectivity index (χ4n) is 2.44. The van der Waals surface area contributed by atoms with Crippen molar-refractivity contribution in [2.75, 3.05) is 19.6 Å². The van der Waals surface area contributed by atoms with E-state index in [1.807, 2.05) is 6.92 Å². The average molecular weight is 319 g/mol. The zero-order valence-electron chi connectivity index (χ0n) is 9.97. The fraction of sp³-hybridized carbons (Fsp3) is 0.667. The molecule has 0 spiro atoms. The molecule has 1 aliphatic rings. The Balaban J connectivity index is 2.05. The van der Waals surface area contributed by atoms with Crippen LogP contribution in [0.2, 0.25) is 0 Å². The van der Waals surface area contributed by atoms with Crippen molar-refractivity contribution in [3.63, 3.8) is 0 Å². The number of rotatable bonds is 4. The van der Waals surface area contributed by atoms with Gasteiger partial charge in [-0.25, -0.2) is 0 Å². The van der Waals surface area contributed by atoms with E-state index in [1.165, 1.54) is 4.88 Å². The van der Waals surface area contributed by atoms with E-state index in [9.17, 15) is 5.11 Å². The lowest BCUT2D eigenvalue weighted by Crippen LogP contribution is -2.32. The number of nitrogens with zero attached hydrogens (tertiary/aromatic N) is 1. The lowest BCUT2D eigenvalue weighted by molar-refractivity contribution is 0.122. The van der Waals surface area contributed by atoms with Gasteiger partial charge in [0, 0.05) is 27.8 Å². The molecule has 0 aromatic carbocycles. The van der Waals surface area contributed by atoms with Crippen LogP contribution >= 0.6 is 27.3 Å².